The monoisotopic (exact) mass is 484 g/mol. The van der Waals surface area contributed by atoms with E-state index < -0.39 is 58.0 Å². The third-order valence-corrected chi connectivity index (χ3v) is 4.37. The summed E-state index contributed by atoms with van der Waals surface area (Å²) in [6, 6.07) is 0. The largest absolute Gasteiger partial charge is 0.464 e. The SMILES string of the molecule is CCOC(=O)C1(C(=O)OCC)N=C(NC(C)(C)C)C(C(=O)OC(C)(C)C)C1C(=O)OC(C)(C)C. The zero-order valence-corrected chi connectivity index (χ0v) is 22.3. The van der Waals surface area contributed by atoms with Crippen molar-refractivity contribution in [3.63, 3.8) is 0 Å². The van der Waals surface area contributed by atoms with E-state index in [0.717, 1.165) is 0 Å². The molecule has 0 saturated heterocycles. The lowest BCUT2D eigenvalue weighted by Crippen LogP contribution is -2.57. The van der Waals surface area contributed by atoms with Crippen molar-refractivity contribution in [2.75, 3.05) is 13.2 Å². The van der Waals surface area contributed by atoms with E-state index in [1.165, 1.54) is 0 Å². The minimum absolute atomic E-state index is 0.0567. The number of esters is 4. The van der Waals surface area contributed by atoms with Crippen LogP contribution in [-0.2, 0) is 38.1 Å². The highest BCUT2D eigenvalue weighted by Gasteiger charge is 2.69. The highest BCUT2D eigenvalue weighted by Crippen LogP contribution is 2.42. The Morgan fingerprint density at radius 3 is 1.56 bits per heavy atom. The van der Waals surface area contributed by atoms with Gasteiger partial charge in [0.2, 0.25) is 0 Å². The fourth-order valence-corrected chi connectivity index (χ4v) is 3.41. The summed E-state index contributed by atoms with van der Waals surface area (Å²) >= 11 is 0. The summed E-state index contributed by atoms with van der Waals surface area (Å²) in [5.41, 5.74) is -5.02. The zero-order valence-electron chi connectivity index (χ0n) is 22.3. The molecule has 0 spiro atoms. The Kier molecular flexibility index (Phi) is 8.91. The molecular formula is C24H40N2O8. The van der Waals surface area contributed by atoms with Gasteiger partial charge in [0.1, 0.15) is 28.9 Å². The first kappa shape index (κ1) is 29.4. The van der Waals surface area contributed by atoms with Crippen molar-refractivity contribution >= 4 is 29.7 Å². The predicted octanol–water partition coefficient (Wildman–Crippen LogP) is 2.57. The van der Waals surface area contributed by atoms with Gasteiger partial charge in [-0.25, -0.2) is 14.6 Å². The van der Waals surface area contributed by atoms with Gasteiger partial charge in [0, 0.05) is 5.54 Å². The maximum Gasteiger partial charge on any atom is 0.346 e. The molecule has 0 saturated carbocycles. The van der Waals surface area contributed by atoms with Gasteiger partial charge in [0.15, 0.2) is 0 Å². The van der Waals surface area contributed by atoms with Gasteiger partial charge in [-0.1, -0.05) is 0 Å². The smallest absolute Gasteiger partial charge is 0.346 e. The lowest BCUT2D eigenvalue weighted by Gasteiger charge is -2.33. The summed E-state index contributed by atoms with van der Waals surface area (Å²) in [4.78, 5) is 58.0. The molecule has 34 heavy (non-hydrogen) atoms. The fraction of sp³-hybridized carbons (Fsp3) is 0.792. The highest BCUT2D eigenvalue weighted by molar-refractivity contribution is 6.18. The number of hydrogen-bond donors (Lipinski definition) is 1. The van der Waals surface area contributed by atoms with Crippen LogP contribution in [0.2, 0.25) is 0 Å². The summed E-state index contributed by atoms with van der Waals surface area (Å²) in [5, 5.41) is 3.06. The van der Waals surface area contributed by atoms with Crippen LogP contribution in [0.4, 0.5) is 0 Å². The molecule has 0 fully saturated rings. The van der Waals surface area contributed by atoms with Gasteiger partial charge < -0.3 is 24.3 Å². The number of ether oxygens (including phenoxy) is 4. The average Bonchev–Trinajstić information content (AvgIpc) is 2.93. The van der Waals surface area contributed by atoms with Crippen LogP contribution in [-0.4, -0.2) is 65.2 Å². The Hall–Kier alpha value is -2.65. The van der Waals surface area contributed by atoms with Crippen LogP contribution < -0.4 is 5.32 Å². The van der Waals surface area contributed by atoms with Gasteiger partial charge in [0.05, 0.1) is 13.2 Å². The van der Waals surface area contributed by atoms with Crippen molar-refractivity contribution in [2.45, 2.75) is 98.4 Å². The van der Waals surface area contributed by atoms with E-state index in [9.17, 15) is 19.2 Å². The first-order chi connectivity index (χ1) is 15.3. The molecule has 10 nitrogen and oxygen atoms in total. The number of rotatable bonds is 6. The van der Waals surface area contributed by atoms with Gasteiger partial charge in [-0.05, 0) is 76.2 Å². The normalized spacial score (nSPS) is 20.1. The van der Waals surface area contributed by atoms with Gasteiger partial charge in [-0.2, -0.15) is 0 Å². The maximum absolute atomic E-state index is 13.5. The summed E-state index contributed by atoms with van der Waals surface area (Å²) in [7, 11) is 0. The van der Waals surface area contributed by atoms with Crippen LogP contribution in [0.25, 0.3) is 0 Å². The van der Waals surface area contributed by atoms with Crippen LogP contribution in [0.3, 0.4) is 0 Å². The third kappa shape index (κ3) is 7.17. The molecule has 0 radical (unpaired) electrons. The van der Waals surface area contributed by atoms with Crippen LogP contribution in [0.1, 0.15) is 76.2 Å². The number of amidine groups is 1. The topological polar surface area (TPSA) is 130 Å². The zero-order chi connectivity index (χ0) is 26.7. The predicted molar refractivity (Wildman–Crippen MR) is 125 cm³/mol. The molecule has 0 aromatic rings. The number of nitrogens with one attached hydrogen (secondary N) is 1. The summed E-state index contributed by atoms with van der Waals surface area (Å²) in [6.45, 7) is 18.2. The molecule has 2 atom stereocenters. The lowest BCUT2D eigenvalue weighted by atomic mass is 9.77. The van der Waals surface area contributed by atoms with E-state index in [0.29, 0.717) is 0 Å². The fourth-order valence-electron chi connectivity index (χ4n) is 3.41. The van der Waals surface area contributed by atoms with Crippen molar-refractivity contribution in [2.24, 2.45) is 16.8 Å². The highest BCUT2D eigenvalue weighted by atomic mass is 16.6. The first-order valence-electron chi connectivity index (χ1n) is 11.5. The van der Waals surface area contributed by atoms with Crippen molar-refractivity contribution in [1.82, 2.24) is 5.32 Å². The van der Waals surface area contributed by atoms with Gasteiger partial charge in [-0.15, -0.1) is 0 Å². The molecule has 2 unspecified atom stereocenters. The molecule has 194 valence electrons. The van der Waals surface area contributed by atoms with Crippen LogP contribution >= 0.6 is 0 Å². The van der Waals surface area contributed by atoms with Gasteiger partial charge >= 0.3 is 23.9 Å². The van der Waals surface area contributed by atoms with Crippen LogP contribution in [0, 0.1) is 11.8 Å². The van der Waals surface area contributed by atoms with Crippen LogP contribution in [0.15, 0.2) is 4.99 Å². The lowest BCUT2D eigenvalue weighted by molar-refractivity contribution is -0.182. The molecule has 1 aliphatic rings. The van der Waals surface area contributed by atoms with Crippen LogP contribution in [0.5, 0.6) is 0 Å². The molecule has 0 aliphatic carbocycles. The Morgan fingerprint density at radius 1 is 0.794 bits per heavy atom. The Balaban J connectivity index is 3.92. The summed E-state index contributed by atoms with van der Waals surface area (Å²) in [5.74, 6) is -7.23. The average molecular weight is 485 g/mol. The molecule has 1 rings (SSSR count). The maximum atomic E-state index is 13.5. The van der Waals surface area contributed by atoms with E-state index in [1.807, 2.05) is 0 Å². The van der Waals surface area contributed by atoms with Gasteiger partial charge in [-0.3, -0.25) is 9.59 Å². The number of carbonyl (C=O) groups excluding carboxylic acids is 4. The second-order valence-electron chi connectivity index (χ2n) is 11.1. The Labute approximate surface area is 202 Å². The van der Waals surface area contributed by atoms with Crippen molar-refractivity contribution in [1.29, 1.82) is 0 Å². The molecule has 0 aromatic heterocycles. The second kappa shape index (κ2) is 10.3. The molecule has 10 heteroatoms. The molecule has 1 N–H and O–H groups in total. The molecule has 0 bridgehead atoms. The molecule has 0 aromatic carbocycles. The standard InChI is InChI=1S/C24H40N2O8/c1-12-31-19(29)24(20(30)32-13-2)15(18(28)34-23(9,10)11)14(17(27)33-22(6,7)8)16(26-24)25-21(3,4)5/h14-15H,12-13H2,1-11H3,(H,25,26). The van der Waals surface area contributed by atoms with Crippen molar-refractivity contribution in [3.05, 3.63) is 0 Å². The molecule has 1 heterocycles. The number of hydrogen-bond acceptors (Lipinski definition) is 10. The third-order valence-electron chi connectivity index (χ3n) is 4.37. The minimum atomic E-state index is -2.48. The van der Waals surface area contributed by atoms with E-state index in [4.69, 9.17) is 18.9 Å². The summed E-state index contributed by atoms with van der Waals surface area (Å²) in [6.07, 6.45) is 0. The summed E-state index contributed by atoms with van der Waals surface area (Å²) < 4.78 is 21.5. The second-order valence-corrected chi connectivity index (χ2v) is 11.1. The molecular weight excluding hydrogens is 444 g/mol. The van der Waals surface area contributed by atoms with Crippen molar-refractivity contribution < 1.29 is 38.1 Å². The Morgan fingerprint density at radius 2 is 1.21 bits per heavy atom. The Bertz CT molecular complexity index is 809. The van der Waals surface area contributed by atoms with E-state index in [2.05, 4.69) is 10.3 Å². The molecule has 1 aliphatic heterocycles. The number of aliphatic imine (C=N–C) groups is 1. The molecule has 0 amide bonds. The van der Waals surface area contributed by atoms with Gasteiger partial charge in [0.25, 0.3) is 5.54 Å². The number of carbonyl (C=O) groups is 4. The number of nitrogens with zero attached hydrogens (tertiary/aromatic N) is 1. The van der Waals surface area contributed by atoms with E-state index in [1.54, 1.807) is 76.2 Å². The quantitative estimate of drug-likeness (QED) is 0.343. The first-order valence-corrected chi connectivity index (χ1v) is 11.5. The van der Waals surface area contributed by atoms with E-state index in [-0.39, 0.29) is 19.0 Å². The van der Waals surface area contributed by atoms with Crippen molar-refractivity contribution in [3.8, 4) is 0 Å². The van der Waals surface area contributed by atoms with E-state index >= 15 is 0 Å². The minimum Gasteiger partial charge on any atom is -0.464 e.